The maximum Gasteiger partial charge on any atom is 0.243 e. The summed E-state index contributed by atoms with van der Waals surface area (Å²) in [4.78, 5) is 24.0. The van der Waals surface area contributed by atoms with E-state index in [1.54, 1.807) is 0 Å². The van der Waals surface area contributed by atoms with Crippen molar-refractivity contribution in [2.24, 2.45) is 0 Å². The van der Waals surface area contributed by atoms with Gasteiger partial charge in [-0.1, -0.05) is 42.1 Å². The van der Waals surface area contributed by atoms with Crippen LogP contribution in [0.5, 0.6) is 0 Å². The summed E-state index contributed by atoms with van der Waals surface area (Å²) in [6, 6.07) is 11.4. The second-order valence-electron chi connectivity index (χ2n) is 6.64. The number of carbonyl (C=O) groups is 2. The summed E-state index contributed by atoms with van der Waals surface area (Å²) in [5, 5.41) is 13.4. The number of halogens is 3. The lowest BCUT2D eigenvalue weighted by molar-refractivity contribution is -0.122. The third-order valence-corrected chi connectivity index (χ3v) is 5.37. The Morgan fingerprint density at radius 3 is 2.47 bits per heavy atom. The fraction of sp³-hybridized carbons (Fsp3) is 0.238. The smallest absolute Gasteiger partial charge is 0.243 e. The Morgan fingerprint density at radius 2 is 1.75 bits per heavy atom. The first-order valence-electron chi connectivity index (χ1n) is 9.67. The Hall–Kier alpha value is -3.34. The van der Waals surface area contributed by atoms with Crippen molar-refractivity contribution in [3.63, 3.8) is 0 Å². The molecule has 0 spiro atoms. The predicted molar refractivity (Wildman–Crippen MR) is 114 cm³/mol. The molecule has 2 amide bonds. The van der Waals surface area contributed by atoms with Crippen molar-refractivity contribution in [1.82, 2.24) is 20.1 Å². The van der Waals surface area contributed by atoms with Gasteiger partial charge in [-0.05, 0) is 24.6 Å². The number of amides is 2. The summed E-state index contributed by atoms with van der Waals surface area (Å²) >= 11 is 1.17. The molecule has 0 aliphatic carbocycles. The van der Waals surface area contributed by atoms with Gasteiger partial charge in [-0.15, -0.1) is 10.2 Å². The molecule has 0 fully saturated rings. The second kappa shape index (κ2) is 10.8. The Balaban J connectivity index is 1.50. The van der Waals surface area contributed by atoms with E-state index in [1.165, 1.54) is 11.8 Å². The van der Waals surface area contributed by atoms with Crippen molar-refractivity contribution in [2.45, 2.75) is 25.0 Å². The van der Waals surface area contributed by atoms with Gasteiger partial charge in [0.15, 0.2) is 22.6 Å². The predicted octanol–water partition coefficient (Wildman–Crippen LogP) is 3.15. The molecule has 32 heavy (non-hydrogen) atoms. The van der Waals surface area contributed by atoms with E-state index in [0.717, 1.165) is 17.5 Å². The summed E-state index contributed by atoms with van der Waals surface area (Å²) in [6.07, 6.45) is 0.606. The van der Waals surface area contributed by atoms with E-state index in [9.17, 15) is 22.8 Å². The van der Waals surface area contributed by atoms with Crippen molar-refractivity contribution in [2.75, 3.05) is 17.6 Å². The zero-order valence-electron chi connectivity index (χ0n) is 17.1. The minimum atomic E-state index is -1.69. The topological polar surface area (TPSA) is 88.9 Å². The molecule has 0 saturated carbocycles. The lowest BCUT2D eigenvalue weighted by Crippen LogP contribution is -2.34. The molecule has 11 heteroatoms. The van der Waals surface area contributed by atoms with Crippen LogP contribution in [0.3, 0.4) is 0 Å². The Kier molecular flexibility index (Phi) is 7.87. The van der Waals surface area contributed by atoms with E-state index in [2.05, 4.69) is 20.8 Å². The van der Waals surface area contributed by atoms with Gasteiger partial charge in [0.1, 0.15) is 5.82 Å². The van der Waals surface area contributed by atoms with Crippen molar-refractivity contribution < 1.29 is 22.8 Å². The van der Waals surface area contributed by atoms with Crippen molar-refractivity contribution in [1.29, 1.82) is 0 Å². The van der Waals surface area contributed by atoms with Gasteiger partial charge in [0, 0.05) is 13.0 Å². The number of thioether (sulfide) groups is 1. The molecular weight excluding hydrogens is 443 g/mol. The molecule has 1 aromatic heterocycles. The molecule has 3 aromatic rings. The quantitative estimate of drug-likeness (QED) is 0.376. The number of rotatable bonds is 9. The van der Waals surface area contributed by atoms with E-state index in [1.807, 2.05) is 41.8 Å². The molecular formula is C21H20F3N5O2S. The lowest BCUT2D eigenvalue weighted by atomic mass is 10.1. The van der Waals surface area contributed by atoms with Crippen LogP contribution in [-0.4, -0.2) is 38.9 Å². The molecule has 0 unspecified atom stereocenters. The third kappa shape index (κ3) is 5.88. The van der Waals surface area contributed by atoms with Gasteiger partial charge in [-0.3, -0.25) is 9.59 Å². The normalized spacial score (nSPS) is 10.8. The number of anilines is 1. The zero-order valence-corrected chi connectivity index (χ0v) is 17.9. The fourth-order valence-corrected chi connectivity index (χ4v) is 3.68. The van der Waals surface area contributed by atoms with Gasteiger partial charge in [0.25, 0.3) is 0 Å². The van der Waals surface area contributed by atoms with Crippen LogP contribution in [0.25, 0.3) is 0 Å². The number of nitrogens with one attached hydrogen (secondary N) is 2. The molecule has 1 heterocycles. The molecule has 3 rings (SSSR count). The number of hydrogen-bond donors (Lipinski definition) is 2. The number of carbonyl (C=O) groups excluding carboxylic acids is 2. The van der Waals surface area contributed by atoms with Crippen LogP contribution in [0.2, 0.25) is 0 Å². The number of hydrogen-bond acceptors (Lipinski definition) is 5. The van der Waals surface area contributed by atoms with Crippen molar-refractivity contribution in [3.05, 3.63) is 71.3 Å². The van der Waals surface area contributed by atoms with Crippen molar-refractivity contribution in [3.8, 4) is 0 Å². The van der Waals surface area contributed by atoms with Gasteiger partial charge >= 0.3 is 0 Å². The minimum Gasteiger partial charge on any atom is -0.346 e. The van der Waals surface area contributed by atoms with Crippen molar-refractivity contribution >= 4 is 29.3 Å². The summed E-state index contributed by atoms with van der Waals surface area (Å²) in [5.41, 5.74) is 0.576. The summed E-state index contributed by atoms with van der Waals surface area (Å²) in [6.45, 7) is 2.11. The molecule has 0 aliphatic heterocycles. The monoisotopic (exact) mass is 463 g/mol. The second-order valence-corrected chi connectivity index (χ2v) is 7.58. The SMILES string of the molecule is CCn1c(Cc2ccccc2)nnc1SCC(=O)NCC(=O)Nc1ccc(F)c(F)c1F. The average molecular weight is 463 g/mol. The number of aromatic nitrogens is 3. The van der Waals surface area contributed by atoms with Crippen LogP contribution in [0.4, 0.5) is 18.9 Å². The molecule has 2 aromatic carbocycles. The minimum absolute atomic E-state index is 0.0176. The lowest BCUT2D eigenvalue weighted by Gasteiger charge is -2.09. The van der Waals surface area contributed by atoms with E-state index < -0.39 is 41.5 Å². The van der Waals surface area contributed by atoms with Crippen LogP contribution in [0, 0.1) is 17.5 Å². The van der Waals surface area contributed by atoms with Gasteiger partial charge in [0.2, 0.25) is 11.8 Å². The van der Waals surface area contributed by atoms with Crippen LogP contribution < -0.4 is 10.6 Å². The number of benzene rings is 2. The highest BCUT2D eigenvalue weighted by molar-refractivity contribution is 7.99. The molecule has 0 atom stereocenters. The first-order chi connectivity index (χ1) is 15.4. The van der Waals surface area contributed by atoms with E-state index in [4.69, 9.17) is 0 Å². The van der Waals surface area contributed by atoms with Gasteiger partial charge in [0.05, 0.1) is 18.0 Å². The van der Waals surface area contributed by atoms with E-state index >= 15 is 0 Å². The fourth-order valence-electron chi connectivity index (χ4n) is 2.83. The highest BCUT2D eigenvalue weighted by Gasteiger charge is 2.17. The van der Waals surface area contributed by atoms with Crippen LogP contribution >= 0.6 is 11.8 Å². The van der Waals surface area contributed by atoms with Gasteiger partial charge < -0.3 is 15.2 Å². The summed E-state index contributed by atoms with van der Waals surface area (Å²) in [5.74, 6) is -5.04. The summed E-state index contributed by atoms with van der Waals surface area (Å²) in [7, 11) is 0. The maximum absolute atomic E-state index is 13.6. The Labute approximate surface area is 186 Å². The largest absolute Gasteiger partial charge is 0.346 e. The van der Waals surface area contributed by atoms with Gasteiger partial charge in [-0.2, -0.15) is 0 Å². The van der Waals surface area contributed by atoms with Crippen LogP contribution in [0.1, 0.15) is 18.3 Å². The molecule has 0 aliphatic rings. The van der Waals surface area contributed by atoms with E-state index in [-0.39, 0.29) is 5.75 Å². The highest BCUT2D eigenvalue weighted by atomic mass is 32.2. The van der Waals surface area contributed by atoms with Gasteiger partial charge in [-0.25, -0.2) is 13.2 Å². The molecule has 0 saturated heterocycles. The summed E-state index contributed by atoms with van der Waals surface area (Å²) < 4.78 is 41.7. The molecule has 7 nitrogen and oxygen atoms in total. The standard InChI is InChI=1S/C21H20F3N5O2S/c1-2-29-16(10-13-6-4-3-5-7-13)27-28-21(29)32-12-18(31)25-11-17(30)26-15-9-8-14(22)19(23)20(15)24/h3-9H,2,10-12H2,1H3,(H,25,31)(H,26,30). The molecule has 0 radical (unpaired) electrons. The third-order valence-electron chi connectivity index (χ3n) is 4.40. The first kappa shape index (κ1) is 23.3. The zero-order chi connectivity index (χ0) is 23.1. The number of nitrogens with zero attached hydrogens (tertiary/aromatic N) is 3. The van der Waals surface area contributed by atoms with Crippen LogP contribution in [-0.2, 0) is 22.6 Å². The Morgan fingerprint density at radius 1 is 1.00 bits per heavy atom. The maximum atomic E-state index is 13.6. The first-order valence-corrected chi connectivity index (χ1v) is 10.7. The highest BCUT2D eigenvalue weighted by Crippen LogP contribution is 2.20. The van der Waals surface area contributed by atoms with E-state index in [0.29, 0.717) is 24.2 Å². The Bertz CT molecular complexity index is 1110. The molecule has 168 valence electrons. The molecule has 0 bridgehead atoms. The average Bonchev–Trinajstić information content (AvgIpc) is 3.18. The van der Waals surface area contributed by atoms with Crippen LogP contribution in [0.15, 0.2) is 47.6 Å². The molecule has 2 N–H and O–H groups in total.